The molecule has 0 unspecified atom stereocenters. The first-order valence-electron chi connectivity index (χ1n) is 5.94. The molecule has 90 valence electrons. The second-order valence-electron chi connectivity index (χ2n) is 4.71. The molecule has 1 aromatic rings. The fourth-order valence-electron chi connectivity index (χ4n) is 1.83. The second kappa shape index (κ2) is 5.97. The molecular formula is C13H23N3. The van der Waals surface area contributed by atoms with Crippen molar-refractivity contribution in [1.29, 1.82) is 0 Å². The summed E-state index contributed by atoms with van der Waals surface area (Å²) in [4.78, 5) is 6.54. The smallest absolute Gasteiger partial charge is 0.0300 e. The molecule has 0 saturated carbocycles. The molecule has 0 spiro atoms. The van der Waals surface area contributed by atoms with Crippen molar-refractivity contribution >= 4 is 0 Å². The minimum Gasteiger partial charge on any atom is -0.329 e. The van der Waals surface area contributed by atoms with Crippen LogP contribution in [0.3, 0.4) is 0 Å². The van der Waals surface area contributed by atoms with Crippen LogP contribution in [0.25, 0.3) is 0 Å². The summed E-state index contributed by atoms with van der Waals surface area (Å²) >= 11 is 0. The lowest BCUT2D eigenvalue weighted by molar-refractivity contribution is 0.136. The topological polar surface area (TPSA) is 42.2 Å². The Labute approximate surface area is 98.7 Å². The zero-order valence-corrected chi connectivity index (χ0v) is 10.6. The maximum absolute atomic E-state index is 5.80. The first kappa shape index (κ1) is 13.1. The van der Waals surface area contributed by atoms with Crippen LogP contribution in [0.5, 0.6) is 0 Å². The summed E-state index contributed by atoms with van der Waals surface area (Å²) in [5.41, 5.74) is 7.16. The van der Waals surface area contributed by atoms with Crippen LogP contribution in [0.4, 0.5) is 0 Å². The summed E-state index contributed by atoms with van der Waals surface area (Å²) in [7, 11) is 0. The van der Waals surface area contributed by atoms with Gasteiger partial charge >= 0.3 is 0 Å². The standard InChI is InChI=1S/C13H23N3/c1-4-16(13(2,3)11-14)9-7-12-6-5-8-15-10-12/h5-6,8,10H,4,7,9,11,14H2,1-3H3. The van der Waals surface area contributed by atoms with E-state index in [1.54, 1.807) is 0 Å². The Kier molecular flexibility index (Phi) is 4.90. The number of aromatic nitrogens is 1. The van der Waals surface area contributed by atoms with Crippen molar-refractivity contribution in [2.24, 2.45) is 5.73 Å². The highest BCUT2D eigenvalue weighted by molar-refractivity contribution is 5.08. The van der Waals surface area contributed by atoms with Gasteiger partial charge in [0.25, 0.3) is 0 Å². The van der Waals surface area contributed by atoms with Gasteiger partial charge in [-0.2, -0.15) is 0 Å². The van der Waals surface area contributed by atoms with Crippen LogP contribution < -0.4 is 5.73 Å². The van der Waals surface area contributed by atoms with Gasteiger partial charge in [-0.3, -0.25) is 9.88 Å². The van der Waals surface area contributed by atoms with Crippen LogP contribution in [0.15, 0.2) is 24.5 Å². The van der Waals surface area contributed by atoms with Crippen molar-refractivity contribution in [3.05, 3.63) is 30.1 Å². The van der Waals surface area contributed by atoms with E-state index in [0.717, 1.165) is 19.5 Å². The molecule has 0 fully saturated rings. The van der Waals surface area contributed by atoms with Gasteiger partial charge in [0.15, 0.2) is 0 Å². The van der Waals surface area contributed by atoms with E-state index >= 15 is 0 Å². The molecule has 0 aliphatic rings. The fraction of sp³-hybridized carbons (Fsp3) is 0.615. The van der Waals surface area contributed by atoms with Gasteiger partial charge in [-0.1, -0.05) is 13.0 Å². The molecule has 1 aromatic heterocycles. The molecule has 0 aromatic carbocycles. The Bertz CT molecular complexity index is 295. The van der Waals surface area contributed by atoms with Gasteiger partial charge in [-0.25, -0.2) is 0 Å². The number of pyridine rings is 1. The van der Waals surface area contributed by atoms with Crippen LogP contribution in [0, 0.1) is 0 Å². The molecule has 0 atom stereocenters. The predicted molar refractivity (Wildman–Crippen MR) is 68.3 cm³/mol. The van der Waals surface area contributed by atoms with Gasteiger partial charge in [0.2, 0.25) is 0 Å². The average Bonchev–Trinajstić information content (AvgIpc) is 2.31. The minimum absolute atomic E-state index is 0.0803. The van der Waals surface area contributed by atoms with E-state index in [9.17, 15) is 0 Å². The Hall–Kier alpha value is -0.930. The number of nitrogens with zero attached hydrogens (tertiary/aromatic N) is 2. The van der Waals surface area contributed by atoms with E-state index in [1.165, 1.54) is 5.56 Å². The highest BCUT2D eigenvalue weighted by atomic mass is 15.2. The summed E-state index contributed by atoms with van der Waals surface area (Å²) in [5, 5.41) is 0. The van der Waals surface area contributed by atoms with Crippen molar-refractivity contribution in [2.45, 2.75) is 32.7 Å². The van der Waals surface area contributed by atoms with Crippen LogP contribution in [-0.2, 0) is 6.42 Å². The van der Waals surface area contributed by atoms with Gasteiger partial charge in [0.1, 0.15) is 0 Å². The van der Waals surface area contributed by atoms with Crippen molar-refractivity contribution in [1.82, 2.24) is 9.88 Å². The molecule has 0 amide bonds. The van der Waals surface area contributed by atoms with Crippen molar-refractivity contribution < 1.29 is 0 Å². The van der Waals surface area contributed by atoms with Crippen LogP contribution in [0.2, 0.25) is 0 Å². The molecule has 16 heavy (non-hydrogen) atoms. The van der Waals surface area contributed by atoms with Gasteiger partial charge < -0.3 is 5.73 Å². The number of hydrogen-bond acceptors (Lipinski definition) is 3. The summed E-state index contributed by atoms with van der Waals surface area (Å²) in [6.45, 7) is 9.32. The van der Waals surface area contributed by atoms with Crippen LogP contribution in [0.1, 0.15) is 26.3 Å². The van der Waals surface area contributed by atoms with Crippen molar-refractivity contribution in [3.63, 3.8) is 0 Å². The van der Waals surface area contributed by atoms with Crippen molar-refractivity contribution in [2.75, 3.05) is 19.6 Å². The van der Waals surface area contributed by atoms with E-state index in [1.807, 2.05) is 18.5 Å². The van der Waals surface area contributed by atoms with Gasteiger partial charge in [-0.15, -0.1) is 0 Å². The van der Waals surface area contributed by atoms with E-state index < -0.39 is 0 Å². The maximum Gasteiger partial charge on any atom is 0.0300 e. The lowest BCUT2D eigenvalue weighted by Gasteiger charge is -2.37. The SMILES string of the molecule is CCN(CCc1cccnc1)C(C)(C)CN. The lowest BCUT2D eigenvalue weighted by atomic mass is 10.0. The molecule has 0 bridgehead atoms. The summed E-state index contributed by atoms with van der Waals surface area (Å²) in [5.74, 6) is 0. The fourth-order valence-corrected chi connectivity index (χ4v) is 1.83. The predicted octanol–water partition coefficient (Wildman–Crippen LogP) is 1.68. The second-order valence-corrected chi connectivity index (χ2v) is 4.71. The maximum atomic E-state index is 5.80. The first-order valence-corrected chi connectivity index (χ1v) is 5.94. The molecule has 0 saturated heterocycles. The lowest BCUT2D eigenvalue weighted by Crippen LogP contribution is -2.49. The number of rotatable bonds is 6. The van der Waals surface area contributed by atoms with Gasteiger partial charge in [-0.05, 0) is 38.4 Å². The highest BCUT2D eigenvalue weighted by Gasteiger charge is 2.22. The van der Waals surface area contributed by atoms with Crippen molar-refractivity contribution in [3.8, 4) is 0 Å². The highest BCUT2D eigenvalue weighted by Crippen LogP contribution is 2.13. The molecule has 3 nitrogen and oxygen atoms in total. The Morgan fingerprint density at radius 3 is 2.69 bits per heavy atom. The molecule has 3 heteroatoms. The number of hydrogen-bond donors (Lipinski definition) is 1. The van der Waals surface area contributed by atoms with E-state index in [2.05, 4.69) is 36.7 Å². The molecule has 0 radical (unpaired) electrons. The summed E-state index contributed by atoms with van der Waals surface area (Å²) < 4.78 is 0. The van der Waals surface area contributed by atoms with Gasteiger partial charge in [0.05, 0.1) is 0 Å². The third-order valence-corrected chi connectivity index (χ3v) is 3.13. The Morgan fingerprint density at radius 1 is 1.44 bits per heavy atom. The molecule has 0 aliphatic heterocycles. The first-order chi connectivity index (χ1) is 7.60. The van der Waals surface area contributed by atoms with Gasteiger partial charge in [0, 0.05) is 31.0 Å². The normalized spacial score (nSPS) is 12.1. The Balaban J connectivity index is 2.53. The van der Waals surface area contributed by atoms with E-state index in [0.29, 0.717) is 6.54 Å². The molecular weight excluding hydrogens is 198 g/mol. The zero-order valence-electron chi connectivity index (χ0n) is 10.6. The number of nitrogens with two attached hydrogens (primary N) is 1. The van der Waals surface area contributed by atoms with E-state index in [4.69, 9.17) is 5.73 Å². The molecule has 2 N–H and O–H groups in total. The minimum atomic E-state index is 0.0803. The van der Waals surface area contributed by atoms with E-state index in [-0.39, 0.29) is 5.54 Å². The van der Waals surface area contributed by atoms with Crippen LogP contribution in [-0.4, -0.2) is 35.1 Å². The summed E-state index contributed by atoms with van der Waals surface area (Å²) in [6, 6.07) is 4.11. The number of likely N-dealkylation sites (N-methyl/N-ethyl adjacent to an activating group) is 1. The molecule has 1 heterocycles. The summed E-state index contributed by atoms with van der Waals surface area (Å²) in [6.07, 6.45) is 4.78. The monoisotopic (exact) mass is 221 g/mol. The largest absolute Gasteiger partial charge is 0.329 e. The quantitative estimate of drug-likeness (QED) is 0.794. The average molecular weight is 221 g/mol. The molecule has 1 rings (SSSR count). The third-order valence-electron chi connectivity index (χ3n) is 3.13. The Morgan fingerprint density at radius 2 is 2.19 bits per heavy atom. The molecule has 0 aliphatic carbocycles. The van der Waals surface area contributed by atoms with Crippen LogP contribution >= 0.6 is 0 Å². The third kappa shape index (κ3) is 3.58. The zero-order chi connectivity index (χ0) is 12.0.